The number of amides is 1. The molecule has 0 radical (unpaired) electrons. The number of thiazole rings is 1. The van der Waals surface area contributed by atoms with E-state index >= 15 is 4.39 Å². The fraction of sp³-hybridized carbons (Fsp3) is 0.444. The molecule has 2 saturated heterocycles. The van der Waals surface area contributed by atoms with Crippen molar-refractivity contribution in [1.82, 2.24) is 29.8 Å². The molecule has 5 aromatic rings. The summed E-state index contributed by atoms with van der Waals surface area (Å²) in [4.78, 5) is 39.8. The average Bonchev–Trinajstić information content (AvgIpc) is 3.72. The molecule has 16 heteroatoms. The van der Waals surface area contributed by atoms with E-state index in [-0.39, 0.29) is 52.9 Å². The lowest BCUT2D eigenvalue weighted by Gasteiger charge is -2.32. The van der Waals surface area contributed by atoms with E-state index in [1.807, 2.05) is 30.0 Å². The zero-order chi connectivity index (χ0) is 36.4. The van der Waals surface area contributed by atoms with Crippen LogP contribution in [0.5, 0.6) is 11.9 Å². The topological polar surface area (TPSA) is 154 Å². The number of nitrogen functional groups attached to an aromatic ring is 1. The number of halogens is 2. The zero-order valence-corrected chi connectivity index (χ0v) is 30.1. The van der Waals surface area contributed by atoms with Gasteiger partial charge in [-0.15, -0.1) is 0 Å². The van der Waals surface area contributed by atoms with Crippen molar-refractivity contribution in [2.45, 2.75) is 70.3 Å². The Balaban J connectivity index is 1.25. The number of ether oxygens (including phenoxy) is 3. The Labute approximate surface area is 302 Å². The standard InChI is InChI=1S/C36H39F2N9O4S/c1-19(21-9-6-12-40-29(21)39)47-14-15-49-31-24-28(42-32(44-30(24)47)50-18-36-11-7-13-46(36)17-20(37)16-36)25(38)27(41-31)22-8-5-10-23-26(22)43-33(52-23)45-34(48)51-35(2,3)4/h5-6,8-10,12,19-20H,7,11,13-18H2,1-4H3,(H2,39,40)(H,43,45,48)/t19-,20-,36+/m1/s1. The number of pyridine rings is 2. The molecule has 0 bridgehead atoms. The minimum atomic E-state index is -0.938. The first-order valence-electron chi connectivity index (χ1n) is 17.3. The molecule has 13 nitrogen and oxygen atoms in total. The van der Waals surface area contributed by atoms with Gasteiger partial charge >= 0.3 is 12.1 Å². The van der Waals surface area contributed by atoms with E-state index in [0.717, 1.165) is 24.9 Å². The smallest absolute Gasteiger partial charge is 0.413 e. The fourth-order valence-electron chi connectivity index (χ4n) is 7.57. The summed E-state index contributed by atoms with van der Waals surface area (Å²) >= 11 is 1.22. The molecule has 0 spiro atoms. The number of nitrogens with one attached hydrogen (secondary N) is 1. The van der Waals surface area contributed by atoms with Gasteiger partial charge in [0.2, 0.25) is 5.88 Å². The summed E-state index contributed by atoms with van der Waals surface area (Å²) in [7, 11) is 0. The van der Waals surface area contributed by atoms with Crippen molar-refractivity contribution in [1.29, 1.82) is 0 Å². The van der Waals surface area contributed by atoms with Crippen LogP contribution in [-0.4, -0.2) is 86.1 Å². The molecule has 3 aliphatic heterocycles. The van der Waals surface area contributed by atoms with Crippen molar-refractivity contribution < 1.29 is 27.8 Å². The van der Waals surface area contributed by atoms with Gasteiger partial charge in [0.15, 0.2) is 10.9 Å². The molecule has 0 unspecified atom stereocenters. The number of rotatable bonds is 7. The molecule has 0 aliphatic carbocycles. The molecule has 52 heavy (non-hydrogen) atoms. The average molecular weight is 732 g/mol. The lowest BCUT2D eigenvalue weighted by atomic mass is 9.95. The van der Waals surface area contributed by atoms with Crippen LogP contribution >= 0.6 is 11.3 Å². The van der Waals surface area contributed by atoms with Gasteiger partial charge in [-0.05, 0) is 59.2 Å². The Hall–Kier alpha value is -4.96. The molecule has 1 amide bonds. The normalized spacial score (nSPS) is 20.8. The summed E-state index contributed by atoms with van der Waals surface area (Å²) < 4.78 is 50.4. The van der Waals surface area contributed by atoms with Gasteiger partial charge in [0, 0.05) is 30.3 Å². The number of nitrogens with two attached hydrogens (primary N) is 1. The second-order valence-corrected chi connectivity index (χ2v) is 15.5. The van der Waals surface area contributed by atoms with Crippen LogP contribution in [0.25, 0.3) is 32.4 Å². The minimum absolute atomic E-state index is 0.0348. The van der Waals surface area contributed by atoms with E-state index in [9.17, 15) is 9.18 Å². The second-order valence-electron chi connectivity index (χ2n) is 14.5. The molecule has 3 N–H and O–H groups in total. The highest BCUT2D eigenvalue weighted by Crippen LogP contribution is 2.45. The van der Waals surface area contributed by atoms with Crippen LogP contribution < -0.4 is 25.4 Å². The number of anilines is 3. The number of hydrogen-bond donors (Lipinski definition) is 2. The first-order valence-corrected chi connectivity index (χ1v) is 18.1. The highest BCUT2D eigenvalue weighted by molar-refractivity contribution is 7.22. The molecule has 1 aromatic carbocycles. The second kappa shape index (κ2) is 12.9. The van der Waals surface area contributed by atoms with Crippen LogP contribution in [0, 0.1) is 5.82 Å². The molecule has 4 aromatic heterocycles. The number of carbonyl (C=O) groups is 1. The predicted octanol–water partition coefficient (Wildman–Crippen LogP) is 6.68. The SMILES string of the molecule is C[C@H](c1cccnc1N)N1CCOc2nc(-c3cccc4sc(NC(=O)OC(C)(C)C)nc34)c(F)c3nc(OC[C@@]45CCCN4C[C@H](F)C5)nc1c23. The van der Waals surface area contributed by atoms with Crippen LogP contribution in [-0.2, 0) is 4.74 Å². The third-order valence-electron chi connectivity index (χ3n) is 9.86. The Morgan fingerprint density at radius 1 is 1.17 bits per heavy atom. The number of carbonyl (C=O) groups excluding carboxylic acids is 1. The Bertz CT molecular complexity index is 2200. The first kappa shape index (κ1) is 34.1. The van der Waals surface area contributed by atoms with Gasteiger partial charge < -0.3 is 24.8 Å². The first-order chi connectivity index (χ1) is 24.9. The summed E-state index contributed by atoms with van der Waals surface area (Å²) in [5.74, 6) is 0.158. The summed E-state index contributed by atoms with van der Waals surface area (Å²) in [6.45, 7) is 9.16. The molecule has 8 rings (SSSR count). The van der Waals surface area contributed by atoms with Gasteiger partial charge in [0.25, 0.3) is 0 Å². The summed E-state index contributed by atoms with van der Waals surface area (Å²) in [5, 5.41) is 3.25. The monoisotopic (exact) mass is 731 g/mol. The highest BCUT2D eigenvalue weighted by Gasteiger charge is 2.49. The number of benzene rings is 1. The van der Waals surface area contributed by atoms with Crippen LogP contribution in [0.4, 0.5) is 30.3 Å². The maximum atomic E-state index is 17.2. The van der Waals surface area contributed by atoms with Gasteiger partial charge in [0.05, 0.1) is 28.3 Å². The molecule has 3 atom stereocenters. The number of para-hydroxylation sites is 1. The summed E-state index contributed by atoms with van der Waals surface area (Å²) in [5.41, 5.74) is 6.63. The molecule has 2 fully saturated rings. The molecule has 272 valence electrons. The number of alkyl halides is 1. The summed E-state index contributed by atoms with van der Waals surface area (Å²) in [6.07, 6.45) is 2.13. The van der Waals surface area contributed by atoms with E-state index in [2.05, 4.69) is 25.2 Å². The van der Waals surface area contributed by atoms with E-state index in [1.165, 1.54) is 11.3 Å². The number of nitrogens with zero attached hydrogens (tertiary/aromatic N) is 7. The lowest BCUT2D eigenvalue weighted by Crippen LogP contribution is -2.43. The van der Waals surface area contributed by atoms with Crippen LogP contribution in [0.3, 0.4) is 0 Å². The third-order valence-corrected chi connectivity index (χ3v) is 10.8. The Morgan fingerprint density at radius 3 is 2.83 bits per heavy atom. The number of hydrogen-bond acceptors (Lipinski definition) is 13. The largest absolute Gasteiger partial charge is 0.475 e. The van der Waals surface area contributed by atoms with Crippen molar-refractivity contribution in [2.24, 2.45) is 0 Å². The molecular formula is C36H39F2N9O4S. The Morgan fingerprint density at radius 2 is 2.02 bits per heavy atom. The van der Waals surface area contributed by atoms with Gasteiger partial charge in [-0.3, -0.25) is 10.2 Å². The van der Waals surface area contributed by atoms with Crippen molar-refractivity contribution in [2.75, 3.05) is 48.8 Å². The van der Waals surface area contributed by atoms with E-state index in [0.29, 0.717) is 46.9 Å². The van der Waals surface area contributed by atoms with E-state index in [1.54, 1.807) is 39.1 Å². The molecule has 7 heterocycles. The van der Waals surface area contributed by atoms with Gasteiger partial charge in [-0.2, -0.15) is 9.97 Å². The van der Waals surface area contributed by atoms with Crippen molar-refractivity contribution in [3.05, 3.63) is 47.9 Å². The molecule has 0 saturated carbocycles. The minimum Gasteiger partial charge on any atom is -0.475 e. The van der Waals surface area contributed by atoms with Gasteiger partial charge in [0.1, 0.15) is 53.2 Å². The van der Waals surface area contributed by atoms with E-state index < -0.39 is 29.2 Å². The van der Waals surface area contributed by atoms with Gasteiger partial charge in [-0.25, -0.2) is 28.5 Å². The predicted molar refractivity (Wildman–Crippen MR) is 194 cm³/mol. The van der Waals surface area contributed by atoms with Crippen molar-refractivity contribution in [3.8, 4) is 23.1 Å². The zero-order valence-electron chi connectivity index (χ0n) is 29.3. The highest BCUT2D eigenvalue weighted by atomic mass is 32.1. The molecule has 3 aliphatic rings. The van der Waals surface area contributed by atoms with Crippen molar-refractivity contribution >= 4 is 55.3 Å². The maximum Gasteiger partial charge on any atom is 0.413 e. The van der Waals surface area contributed by atoms with Crippen molar-refractivity contribution in [3.63, 3.8) is 0 Å². The Kier molecular flexibility index (Phi) is 8.48. The van der Waals surface area contributed by atoms with Crippen LogP contribution in [0.1, 0.15) is 58.6 Å². The van der Waals surface area contributed by atoms with Crippen LogP contribution in [0.15, 0.2) is 36.5 Å². The number of fused-ring (bicyclic) bond motifs is 2. The fourth-order valence-corrected chi connectivity index (χ4v) is 8.44. The number of aromatic nitrogens is 5. The molecular weight excluding hydrogens is 693 g/mol. The van der Waals surface area contributed by atoms with Gasteiger partial charge in [-0.1, -0.05) is 29.5 Å². The lowest BCUT2D eigenvalue weighted by molar-refractivity contribution is 0.0636. The maximum absolute atomic E-state index is 17.2. The summed E-state index contributed by atoms with van der Waals surface area (Å²) in [6, 6.07) is 8.62. The van der Waals surface area contributed by atoms with E-state index in [4.69, 9.17) is 29.9 Å². The third kappa shape index (κ3) is 6.16. The quantitative estimate of drug-likeness (QED) is 0.184. The van der Waals surface area contributed by atoms with Crippen LogP contribution in [0.2, 0.25) is 0 Å².